The van der Waals surface area contributed by atoms with Gasteiger partial charge in [-0.3, -0.25) is 0 Å². The lowest BCUT2D eigenvalue weighted by molar-refractivity contribution is 1.01. The van der Waals surface area contributed by atoms with Gasteiger partial charge in [0.25, 0.3) is 0 Å². The van der Waals surface area contributed by atoms with Crippen molar-refractivity contribution in [2.75, 3.05) is 0 Å². The lowest BCUT2D eigenvalue weighted by Gasteiger charge is -1.80. The molecule has 35 valence electrons. The molecule has 1 heterocycles. The van der Waals surface area contributed by atoms with Crippen molar-refractivity contribution in [3.8, 4) is 0 Å². The van der Waals surface area contributed by atoms with Crippen molar-refractivity contribution in [2.45, 2.75) is 0 Å². The molecule has 7 heavy (non-hydrogen) atoms. The summed E-state index contributed by atoms with van der Waals surface area (Å²) < 4.78 is 0. The minimum Gasteiger partial charge on any atom is -0.159 e. The quantitative estimate of drug-likeness (QED) is 0.474. The Labute approximate surface area is 43.7 Å². The van der Waals surface area contributed by atoms with Gasteiger partial charge in [-0.2, -0.15) is 10.2 Å². The molecule has 0 aromatic carbocycles. The molecule has 0 aliphatic carbocycles. The van der Waals surface area contributed by atoms with E-state index in [0.717, 1.165) is 0 Å². The fourth-order valence-corrected chi connectivity index (χ4v) is 0.333. The highest BCUT2D eigenvalue weighted by Gasteiger charge is 1.75. The summed E-state index contributed by atoms with van der Waals surface area (Å²) in [5.74, 6) is 0. The molecule has 0 fully saturated rings. The summed E-state index contributed by atoms with van der Waals surface area (Å²) in [5, 5.41) is 7.19. The van der Waals surface area contributed by atoms with Crippen molar-refractivity contribution >= 4 is 0 Å². The largest absolute Gasteiger partial charge is 1.00 e. The van der Waals surface area contributed by atoms with Gasteiger partial charge in [0.1, 0.15) is 0 Å². The average molecular weight is 94.1 g/mol. The van der Waals surface area contributed by atoms with Crippen LogP contribution in [0.15, 0.2) is 18.3 Å². The van der Waals surface area contributed by atoms with Gasteiger partial charge in [0.05, 0.1) is 5.69 Å². The predicted octanol–water partition coefficient (Wildman–Crippen LogP) is 0.771. The maximum absolute atomic E-state index is 3.62. The van der Waals surface area contributed by atoms with Crippen LogP contribution < -0.4 is 0 Å². The summed E-state index contributed by atoms with van der Waals surface area (Å²) in [5.41, 5.74) is 0.711. The van der Waals surface area contributed by atoms with Gasteiger partial charge in [0.15, 0.2) is 0 Å². The van der Waals surface area contributed by atoms with Crippen molar-refractivity contribution < 1.29 is 1.43 Å². The molecule has 0 aliphatic rings. The molecule has 1 aromatic rings. The molecule has 1 rings (SSSR count). The van der Waals surface area contributed by atoms with Gasteiger partial charge in [-0.05, 0) is 19.1 Å². The van der Waals surface area contributed by atoms with Gasteiger partial charge >= 0.3 is 1.43 Å². The molecule has 0 saturated carbocycles. The highest BCUT2D eigenvalue weighted by molar-refractivity contribution is 5.01. The van der Waals surface area contributed by atoms with E-state index in [4.69, 9.17) is 0 Å². The van der Waals surface area contributed by atoms with Crippen molar-refractivity contribution in [2.24, 2.45) is 0 Å². The van der Waals surface area contributed by atoms with Gasteiger partial charge in [-0.15, -0.1) is 0 Å². The van der Waals surface area contributed by atoms with E-state index in [1.54, 1.807) is 18.3 Å². The number of nitrogens with zero attached hydrogens (tertiary/aromatic N) is 2. The highest BCUT2D eigenvalue weighted by atomic mass is 15.1. The normalized spacial score (nSPS) is 8.71. The van der Waals surface area contributed by atoms with Crippen LogP contribution in [0.4, 0.5) is 0 Å². The lowest BCUT2D eigenvalue weighted by atomic mass is 10.4. The van der Waals surface area contributed by atoms with Crippen LogP contribution in [-0.2, 0) is 0 Å². The Morgan fingerprint density at radius 2 is 2.57 bits per heavy atom. The molecule has 0 saturated heterocycles. The topological polar surface area (TPSA) is 25.8 Å². The molecule has 0 amide bonds. The van der Waals surface area contributed by atoms with Crippen LogP contribution in [0, 0.1) is 6.92 Å². The Hall–Kier alpha value is -0.920. The van der Waals surface area contributed by atoms with E-state index < -0.39 is 0 Å². The third kappa shape index (κ3) is 0.961. The second-order valence-corrected chi connectivity index (χ2v) is 1.21. The molecular weight excluding hydrogens is 88.1 g/mol. The van der Waals surface area contributed by atoms with Crippen molar-refractivity contribution in [1.82, 2.24) is 10.2 Å². The maximum Gasteiger partial charge on any atom is 1.00 e. The molecule has 2 heteroatoms. The highest BCUT2D eigenvalue weighted by Crippen LogP contribution is 1.82. The van der Waals surface area contributed by atoms with E-state index in [1.165, 1.54) is 0 Å². The van der Waals surface area contributed by atoms with Gasteiger partial charge in [-0.25, -0.2) is 0 Å². The van der Waals surface area contributed by atoms with Crippen molar-refractivity contribution in [1.29, 1.82) is 0 Å². The Morgan fingerprint density at radius 3 is 2.86 bits per heavy atom. The van der Waals surface area contributed by atoms with Crippen LogP contribution in [0.25, 0.3) is 0 Å². The first-order chi connectivity index (χ1) is 3.39. The van der Waals surface area contributed by atoms with Gasteiger partial charge in [0.2, 0.25) is 0 Å². The van der Waals surface area contributed by atoms with E-state index in [2.05, 4.69) is 17.1 Å². The number of aromatic nitrogens is 2. The summed E-state index contributed by atoms with van der Waals surface area (Å²) in [7, 11) is 0. The molecular formula is C5H6N2+. The summed E-state index contributed by atoms with van der Waals surface area (Å²) in [6.45, 7) is 3.55. The molecule has 0 unspecified atom stereocenters. The zero-order chi connectivity index (χ0) is 5.11. The molecule has 0 N–H and O–H groups in total. The standard InChI is InChI=1S/C5H5N2/c1-5-3-2-4-6-7-5/h2-4H,1H2/p+1. The predicted molar refractivity (Wildman–Crippen MR) is 27.6 cm³/mol. The van der Waals surface area contributed by atoms with Crippen LogP contribution in [-0.4, -0.2) is 10.2 Å². The minimum atomic E-state index is 0. The molecule has 2 nitrogen and oxygen atoms in total. The molecule has 0 aliphatic heterocycles. The summed E-state index contributed by atoms with van der Waals surface area (Å²) in [4.78, 5) is 0. The van der Waals surface area contributed by atoms with Gasteiger partial charge in [-0.1, -0.05) is 0 Å². The smallest absolute Gasteiger partial charge is 0.159 e. The van der Waals surface area contributed by atoms with Crippen LogP contribution in [0.5, 0.6) is 0 Å². The fourth-order valence-electron chi connectivity index (χ4n) is 0.333. The number of hydrogen-bond donors (Lipinski definition) is 0. The number of rotatable bonds is 0. The van der Waals surface area contributed by atoms with Crippen LogP contribution in [0.3, 0.4) is 0 Å². The van der Waals surface area contributed by atoms with Gasteiger partial charge < -0.3 is 0 Å². The second-order valence-electron chi connectivity index (χ2n) is 1.21. The van der Waals surface area contributed by atoms with Crippen LogP contribution in [0.2, 0.25) is 0 Å². The monoisotopic (exact) mass is 94.1 g/mol. The third-order valence-corrected chi connectivity index (χ3v) is 0.628. The SMILES string of the molecule is [CH2]c1cccnn1.[H+]. The molecule has 0 bridgehead atoms. The van der Waals surface area contributed by atoms with E-state index in [1.807, 2.05) is 0 Å². The van der Waals surface area contributed by atoms with Crippen molar-refractivity contribution in [3.63, 3.8) is 0 Å². The Balaban J connectivity index is 0.000000490. The first-order valence-corrected chi connectivity index (χ1v) is 1.99. The lowest BCUT2D eigenvalue weighted by Crippen LogP contribution is -1.79. The molecule has 0 spiro atoms. The fraction of sp³-hybridized carbons (Fsp3) is 0. The average Bonchev–Trinajstić information content (AvgIpc) is 1.69. The Kier molecular flexibility index (Phi) is 1.02. The Morgan fingerprint density at radius 1 is 1.71 bits per heavy atom. The minimum absolute atomic E-state index is 0. The second kappa shape index (κ2) is 1.69. The van der Waals surface area contributed by atoms with Crippen molar-refractivity contribution in [3.05, 3.63) is 30.9 Å². The molecule has 1 radical (unpaired) electrons. The van der Waals surface area contributed by atoms with E-state index >= 15 is 0 Å². The molecule has 1 aromatic heterocycles. The first-order valence-electron chi connectivity index (χ1n) is 1.99. The summed E-state index contributed by atoms with van der Waals surface area (Å²) in [6, 6.07) is 3.60. The van der Waals surface area contributed by atoms with Crippen LogP contribution >= 0.6 is 0 Å². The summed E-state index contributed by atoms with van der Waals surface area (Å²) in [6.07, 6.45) is 1.62. The summed E-state index contributed by atoms with van der Waals surface area (Å²) >= 11 is 0. The van der Waals surface area contributed by atoms with E-state index in [9.17, 15) is 0 Å². The number of hydrogen-bond acceptors (Lipinski definition) is 2. The van der Waals surface area contributed by atoms with Gasteiger partial charge in [0, 0.05) is 6.20 Å². The van der Waals surface area contributed by atoms with Crippen LogP contribution in [0.1, 0.15) is 7.12 Å². The zero-order valence-electron chi connectivity index (χ0n) is 4.83. The van der Waals surface area contributed by atoms with E-state index in [0.29, 0.717) is 5.69 Å². The maximum atomic E-state index is 3.62. The first kappa shape index (κ1) is 4.24. The molecule has 0 atom stereocenters. The van der Waals surface area contributed by atoms with E-state index in [-0.39, 0.29) is 1.43 Å². The third-order valence-electron chi connectivity index (χ3n) is 0.628. The zero-order valence-corrected chi connectivity index (χ0v) is 3.83. The Bertz CT molecular complexity index is 140.